The molecule has 4 fully saturated rings. The quantitative estimate of drug-likeness (QED) is 0.384. The molecule has 2 heteroatoms. The molecule has 4 aliphatic carbocycles. The molecule has 0 radical (unpaired) electrons. The predicted molar refractivity (Wildman–Crippen MR) is 129 cm³/mol. The molecule has 0 aliphatic heterocycles. The Kier molecular flexibility index (Phi) is 6.87. The topological polar surface area (TPSA) is 26.3 Å². The van der Waals surface area contributed by atoms with Gasteiger partial charge in [0, 0.05) is 6.92 Å². The molecule has 178 valence electrons. The molecule has 0 spiro atoms. The molecule has 0 aromatic heterocycles. The lowest BCUT2D eigenvalue weighted by Gasteiger charge is -2.58. The second-order valence-corrected chi connectivity index (χ2v) is 13.2. The summed E-state index contributed by atoms with van der Waals surface area (Å²) in [5.74, 6) is 6.84. The lowest BCUT2D eigenvalue weighted by atomic mass is 9.46. The van der Waals surface area contributed by atoms with E-state index < -0.39 is 0 Å². The van der Waals surface area contributed by atoms with Gasteiger partial charge >= 0.3 is 5.97 Å². The molecule has 0 saturated heterocycles. The highest BCUT2D eigenvalue weighted by Crippen LogP contribution is 2.69. The Morgan fingerprint density at radius 1 is 0.871 bits per heavy atom. The van der Waals surface area contributed by atoms with Gasteiger partial charge in [-0.3, -0.25) is 4.79 Å². The van der Waals surface area contributed by atoms with Crippen molar-refractivity contribution in [1.29, 1.82) is 0 Å². The summed E-state index contributed by atoms with van der Waals surface area (Å²) in [4.78, 5) is 11.4. The highest BCUT2D eigenvalue weighted by molar-refractivity contribution is 5.65. The minimum Gasteiger partial charge on any atom is -0.466 e. The number of esters is 1. The molecule has 2 nitrogen and oxygen atoms in total. The summed E-state index contributed by atoms with van der Waals surface area (Å²) in [6, 6.07) is 0. The highest BCUT2D eigenvalue weighted by Gasteiger charge is 2.62. The lowest BCUT2D eigenvalue weighted by Crippen LogP contribution is -2.51. The molecule has 4 saturated carbocycles. The zero-order valence-corrected chi connectivity index (χ0v) is 21.4. The predicted octanol–water partition coefficient (Wildman–Crippen LogP) is 7.90. The maximum Gasteiger partial charge on any atom is 0.302 e. The van der Waals surface area contributed by atoms with Crippen LogP contribution in [-0.2, 0) is 9.53 Å². The van der Waals surface area contributed by atoms with Crippen LogP contribution in [0, 0.1) is 58.2 Å². The Hall–Kier alpha value is -0.530. The fraction of sp³-hybridized carbons (Fsp3) is 0.966. The zero-order chi connectivity index (χ0) is 22.4. The summed E-state index contributed by atoms with van der Waals surface area (Å²) >= 11 is 0. The van der Waals surface area contributed by atoms with Crippen molar-refractivity contribution in [3.63, 3.8) is 0 Å². The second-order valence-electron chi connectivity index (χ2n) is 13.2. The van der Waals surface area contributed by atoms with Crippen LogP contribution < -0.4 is 0 Å². The van der Waals surface area contributed by atoms with Crippen molar-refractivity contribution in [3.05, 3.63) is 0 Å². The molecule has 0 heterocycles. The maximum atomic E-state index is 11.4. The van der Waals surface area contributed by atoms with Gasteiger partial charge < -0.3 is 4.74 Å². The zero-order valence-electron chi connectivity index (χ0n) is 21.4. The third-order valence-electron chi connectivity index (χ3n) is 11.3. The molecular weight excluding hydrogens is 380 g/mol. The Bertz CT molecular complexity index is 641. The highest BCUT2D eigenvalue weighted by atomic mass is 16.5. The van der Waals surface area contributed by atoms with E-state index in [1.165, 1.54) is 70.6 Å². The van der Waals surface area contributed by atoms with Gasteiger partial charge in [0.15, 0.2) is 0 Å². The number of carbonyl (C=O) groups excluding carboxylic acids is 1. The van der Waals surface area contributed by atoms with Crippen LogP contribution in [0.15, 0.2) is 0 Å². The van der Waals surface area contributed by atoms with E-state index in [9.17, 15) is 4.79 Å². The summed E-state index contributed by atoms with van der Waals surface area (Å²) < 4.78 is 5.49. The molecule has 0 N–H and O–H groups in total. The van der Waals surface area contributed by atoms with E-state index >= 15 is 0 Å². The monoisotopic (exact) mass is 430 g/mol. The Balaban J connectivity index is 1.43. The van der Waals surface area contributed by atoms with Crippen LogP contribution in [0.2, 0.25) is 0 Å². The van der Waals surface area contributed by atoms with Crippen molar-refractivity contribution in [2.75, 3.05) is 6.61 Å². The van der Waals surface area contributed by atoms with E-state index in [1.807, 2.05) is 0 Å². The van der Waals surface area contributed by atoms with Crippen molar-refractivity contribution >= 4 is 5.97 Å². The number of ether oxygens (including phenoxy) is 1. The summed E-state index contributed by atoms with van der Waals surface area (Å²) in [6.07, 6.45) is 15.6. The third-order valence-corrected chi connectivity index (χ3v) is 11.3. The van der Waals surface area contributed by atoms with Crippen molar-refractivity contribution in [2.45, 2.75) is 112 Å². The first-order chi connectivity index (χ1) is 14.7. The lowest BCUT2D eigenvalue weighted by molar-refractivity contribution is -0.144. The number of rotatable bonds is 7. The van der Waals surface area contributed by atoms with Crippen LogP contribution >= 0.6 is 0 Å². The first-order valence-corrected chi connectivity index (χ1v) is 13.8. The second kappa shape index (κ2) is 9.02. The Labute approximate surface area is 192 Å². The molecule has 0 bridgehead atoms. The summed E-state index contributed by atoms with van der Waals surface area (Å²) in [7, 11) is 0. The molecule has 31 heavy (non-hydrogen) atoms. The van der Waals surface area contributed by atoms with Gasteiger partial charge in [0.25, 0.3) is 0 Å². The molecular formula is C29H50O2. The number of fused-ring (bicyclic) bond motifs is 5. The van der Waals surface area contributed by atoms with Gasteiger partial charge in [-0.05, 0) is 110 Å². The summed E-state index contributed by atoms with van der Waals surface area (Å²) in [5, 5.41) is 0. The number of hydrogen-bond acceptors (Lipinski definition) is 2. The fourth-order valence-electron chi connectivity index (χ4n) is 9.78. The minimum atomic E-state index is -0.102. The van der Waals surface area contributed by atoms with Crippen LogP contribution in [0.3, 0.4) is 0 Å². The number of carbonyl (C=O) groups is 1. The first-order valence-electron chi connectivity index (χ1n) is 13.8. The molecule has 4 aliphatic rings. The van der Waals surface area contributed by atoms with Gasteiger partial charge in [-0.25, -0.2) is 0 Å². The SMILES string of the molecule is CC(=O)OC[C@H]1CC[C@]2(C)C3CC[C@@]4(C)C(CC[C@@H]4[C@H](C)CCCC(C)C)[C@@H]3CC[C@@H]12. The van der Waals surface area contributed by atoms with Crippen molar-refractivity contribution in [1.82, 2.24) is 0 Å². The Morgan fingerprint density at radius 3 is 2.26 bits per heavy atom. The van der Waals surface area contributed by atoms with Crippen molar-refractivity contribution < 1.29 is 9.53 Å². The molecule has 0 aromatic rings. The average molecular weight is 431 g/mol. The van der Waals surface area contributed by atoms with Gasteiger partial charge in [0.1, 0.15) is 0 Å². The molecule has 4 rings (SSSR count). The first kappa shape index (κ1) is 23.6. The summed E-state index contributed by atoms with van der Waals surface area (Å²) in [5.41, 5.74) is 1.09. The van der Waals surface area contributed by atoms with Crippen molar-refractivity contribution in [2.24, 2.45) is 58.2 Å². The van der Waals surface area contributed by atoms with Gasteiger partial charge in [-0.15, -0.1) is 0 Å². The van der Waals surface area contributed by atoms with E-state index in [0.717, 1.165) is 41.4 Å². The van der Waals surface area contributed by atoms with Crippen LogP contribution in [-0.4, -0.2) is 12.6 Å². The van der Waals surface area contributed by atoms with Gasteiger partial charge in [0.2, 0.25) is 0 Å². The van der Waals surface area contributed by atoms with Gasteiger partial charge in [-0.1, -0.05) is 53.9 Å². The van der Waals surface area contributed by atoms with Crippen LogP contribution in [0.5, 0.6) is 0 Å². The molecule has 2 unspecified atom stereocenters. The average Bonchev–Trinajstić information content (AvgIpc) is 3.22. The van der Waals surface area contributed by atoms with Crippen LogP contribution in [0.4, 0.5) is 0 Å². The maximum absolute atomic E-state index is 11.4. The van der Waals surface area contributed by atoms with Gasteiger partial charge in [0.05, 0.1) is 6.61 Å². The van der Waals surface area contributed by atoms with Crippen LogP contribution in [0.1, 0.15) is 112 Å². The third kappa shape index (κ3) is 4.23. The normalized spacial score (nSPS) is 45.1. The Morgan fingerprint density at radius 2 is 1.55 bits per heavy atom. The fourth-order valence-corrected chi connectivity index (χ4v) is 9.78. The van der Waals surface area contributed by atoms with Crippen LogP contribution in [0.25, 0.3) is 0 Å². The number of hydrogen-bond donors (Lipinski definition) is 0. The standard InChI is InChI=1S/C29H50O2/c1-19(2)8-7-9-20(3)24-12-13-26-23-10-11-25-22(18-31-21(4)30)14-16-29(25,6)27(23)15-17-28(24,26)5/h19-20,22-27H,7-18H2,1-6H3/t20-,22-,23+,24-,25+,26?,27?,28-,29+/m1/s1. The summed E-state index contributed by atoms with van der Waals surface area (Å²) in [6.45, 7) is 14.9. The van der Waals surface area contributed by atoms with E-state index in [0.29, 0.717) is 23.4 Å². The van der Waals surface area contributed by atoms with E-state index in [2.05, 4.69) is 34.6 Å². The minimum absolute atomic E-state index is 0.102. The smallest absolute Gasteiger partial charge is 0.302 e. The molecule has 0 amide bonds. The van der Waals surface area contributed by atoms with Crippen molar-refractivity contribution in [3.8, 4) is 0 Å². The van der Waals surface area contributed by atoms with E-state index in [4.69, 9.17) is 4.74 Å². The molecule has 0 aromatic carbocycles. The molecule has 9 atom stereocenters. The van der Waals surface area contributed by atoms with E-state index in [1.54, 1.807) is 6.92 Å². The van der Waals surface area contributed by atoms with E-state index in [-0.39, 0.29) is 5.97 Å². The van der Waals surface area contributed by atoms with Gasteiger partial charge in [-0.2, -0.15) is 0 Å². The largest absolute Gasteiger partial charge is 0.466 e.